The third-order valence-corrected chi connectivity index (χ3v) is 5.49. The highest BCUT2D eigenvalue weighted by atomic mass is 35.5. The SMILES string of the molecule is O=C(C1=C(O)C(=O)N(CCN2CCOCC2)[C@@H]1c1ccc(Cl)cc1)c1ccco1. The molecule has 0 spiro atoms. The summed E-state index contributed by atoms with van der Waals surface area (Å²) in [5.41, 5.74) is 0.720. The number of halogens is 1. The van der Waals surface area contributed by atoms with Crippen LogP contribution in [0.5, 0.6) is 0 Å². The van der Waals surface area contributed by atoms with Gasteiger partial charge in [-0.3, -0.25) is 14.5 Å². The highest BCUT2D eigenvalue weighted by Gasteiger charge is 2.44. The molecule has 7 nitrogen and oxygen atoms in total. The number of amides is 1. The summed E-state index contributed by atoms with van der Waals surface area (Å²) in [6.07, 6.45) is 1.38. The molecule has 1 fully saturated rings. The second-order valence-electron chi connectivity index (χ2n) is 6.98. The van der Waals surface area contributed by atoms with Gasteiger partial charge in [0, 0.05) is 31.2 Å². The lowest BCUT2D eigenvalue weighted by Crippen LogP contribution is -2.43. The van der Waals surface area contributed by atoms with E-state index >= 15 is 0 Å². The maximum atomic E-state index is 13.0. The van der Waals surface area contributed by atoms with E-state index in [0.717, 1.165) is 13.1 Å². The summed E-state index contributed by atoms with van der Waals surface area (Å²) in [7, 11) is 0. The molecule has 152 valence electrons. The number of furan rings is 1. The molecular weight excluding hydrogens is 396 g/mol. The fourth-order valence-corrected chi connectivity index (χ4v) is 3.85. The Morgan fingerprint density at radius 1 is 1.14 bits per heavy atom. The van der Waals surface area contributed by atoms with Crippen LogP contribution in [-0.2, 0) is 9.53 Å². The lowest BCUT2D eigenvalue weighted by atomic mass is 9.95. The van der Waals surface area contributed by atoms with Gasteiger partial charge in [0.1, 0.15) is 0 Å². The number of carbonyl (C=O) groups excluding carboxylic acids is 2. The summed E-state index contributed by atoms with van der Waals surface area (Å²) in [5, 5.41) is 11.1. The molecule has 2 aliphatic rings. The van der Waals surface area contributed by atoms with E-state index < -0.39 is 23.5 Å². The highest BCUT2D eigenvalue weighted by molar-refractivity contribution is 6.30. The Hall–Kier alpha value is -2.61. The van der Waals surface area contributed by atoms with Crippen molar-refractivity contribution in [3.63, 3.8) is 0 Å². The molecule has 3 heterocycles. The van der Waals surface area contributed by atoms with Gasteiger partial charge in [-0.15, -0.1) is 0 Å². The van der Waals surface area contributed by atoms with Crippen molar-refractivity contribution in [2.45, 2.75) is 6.04 Å². The van der Waals surface area contributed by atoms with E-state index in [1.807, 2.05) is 0 Å². The van der Waals surface area contributed by atoms with Gasteiger partial charge in [0.2, 0.25) is 5.78 Å². The second-order valence-corrected chi connectivity index (χ2v) is 7.41. The quantitative estimate of drug-likeness (QED) is 0.729. The number of hydrogen-bond acceptors (Lipinski definition) is 6. The molecule has 1 N–H and O–H groups in total. The van der Waals surface area contributed by atoms with Crippen molar-refractivity contribution in [3.8, 4) is 0 Å². The Bertz CT molecular complexity index is 917. The van der Waals surface area contributed by atoms with Gasteiger partial charge in [0.25, 0.3) is 5.91 Å². The minimum atomic E-state index is -0.710. The first-order chi connectivity index (χ1) is 14.1. The largest absolute Gasteiger partial charge is 0.503 e. The van der Waals surface area contributed by atoms with E-state index in [2.05, 4.69) is 4.90 Å². The molecule has 8 heteroatoms. The summed E-state index contributed by atoms with van der Waals surface area (Å²) in [6, 6.07) is 9.32. The molecule has 1 saturated heterocycles. The van der Waals surface area contributed by atoms with Crippen LogP contribution in [0.4, 0.5) is 0 Å². The highest BCUT2D eigenvalue weighted by Crippen LogP contribution is 2.39. The van der Waals surface area contributed by atoms with Gasteiger partial charge in [-0.2, -0.15) is 0 Å². The van der Waals surface area contributed by atoms with E-state index in [4.69, 9.17) is 20.8 Å². The monoisotopic (exact) mass is 416 g/mol. The predicted molar refractivity (Wildman–Crippen MR) is 106 cm³/mol. The minimum Gasteiger partial charge on any atom is -0.503 e. The third-order valence-electron chi connectivity index (χ3n) is 5.24. The lowest BCUT2D eigenvalue weighted by molar-refractivity contribution is -0.129. The molecule has 2 aliphatic heterocycles. The van der Waals surface area contributed by atoms with Crippen molar-refractivity contribution >= 4 is 23.3 Å². The topological polar surface area (TPSA) is 83.2 Å². The van der Waals surface area contributed by atoms with Crippen LogP contribution >= 0.6 is 11.6 Å². The van der Waals surface area contributed by atoms with E-state index in [-0.39, 0.29) is 11.3 Å². The molecule has 0 radical (unpaired) electrons. The number of Topliss-reactive ketones (excluding diaryl/α,β-unsaturated/α-hetero) is 1. The van der Waals surface area contributed by atoms with E-state index in [1.165, 1.54) is 17.2 Å². The number of morpholine rings is 1. The number of carbonyl (C=O) groups is 2. The van der Waals surface area contributed by atoms with Crippen molar-refractivity contribution in [3.05, 3.63) is 70.3 Å². The summed E-state index contributed by atoms with van der Waals surface area (Å²) in [6.45, 7) is 3.86. The maximum Gasteiger partial charge on any atom is 0.290 e. The first-order valence-corrected chi connectivity index (χ1v) is 9.82. The number of hydrogen-bond donors (Lipinski definition) is 1. The molecule has 0 saturated carbocycles. The summed E-state index contributed by atoms with van der Waals surface area (Å²) < 4.78 is 10.6. The predicted octanol–water partition coefficient (Wildman–Crippen LogP) is 2.84. The number of benzene rings is 1. The van der Waals surface area contributed by atoms with Crippen molar-refractivity contribution in [1.82, 2.24) is 9.80 Å². The summed E-state index contributed by atoms with van der Waals surface area (Å²) >= 11 is 6.01. The normalized spacial score (nSPS) is 20.5. The van der Waals surface area contributed by atoms with E-state index in [0.29, 0.717) is 36.9 Å². The number of aliphatic hydroxyl groups excluding tert-OH is 1. The zero-order chi connectivity index (χ0) is 20.4. The number of aliphatic hydroxyl groups is 1. The fourth-order valence-electron chi connectivity index (χ4n) is 3.72. The lowest BCUT2D eigenvalue weighted by Gasteiger charge is -2.31. The van der Waals surface area contributed by atoms with Gasteiger partial charge >= 0.3 is 0 Å². The Kier molecular flexibility index (Phi) is 5.71. The van der Waals surface area contributed by atoms with Crippen LogP contribution in [0.15, 0.2) is 58.4 Å². The molecule has 1 aromatic heterocycles. The Morgan fingerprint density at radius 3 is 2.52 bits per heavy atom. The van der Waals surface area contributed by atoms with Crippen molar-refractivity contribution in [2.75, 3.05) is 39.4 Å². The van der Waals surface area contributed by atoms with Gasteiger partial charge in [0.15, 0.2) is 11.5 Å². The standard InChI is InChI=1S/C21H21ClN2O5/c22-15-5-3-14(4-6-15)18-17(19(25)16-2-1-11-29-16)20(26)21(27)24(18)8-7-23-9-12-28-13-10-23/h1-6,11,18,26H,7-10,12-13H2/t18-/m1/s1. The van der Waals surface area contributed by atoms with Crippen LogP contribution in [0.3, 0.4) is 0 Å². The second kappa shape index (κ2) is 8.41. The van der Waals surface area contributed by atoms with Crippen LogP contribution in [0, 0.1) is 0 Å². The number of ketones is 1. The molecule has 1 atom stereocenters. The molecule has 4 rings (SSSR count). The first kappa shape index (κ1) is 19.7. The molecule has 0 aliphatic carbocycles. The van der Waals surface area contributed by atoms with Crippen LogP contribution in [0.1, 0.15) is 22.2 Å². The van der Waals surface area contributed by atoms with Gasteiger partial charge in [-0.1, -0.05) is 23.7 Å². The smallest absolute Gasteiger partial charge is 0.290 e. The molecule has 0 unspecified atom stereocenters. The molecule has 1 aromatic carbocycles. The van der Waals surface area contributed by atoms with Crippen molar-refractivity contribution < 1.29 is 23.8 Å². The van der Waals surface area contributed by atoms with Crippen LogP contribution in [0.2, 0.25) is 5.02 Å². The Balaban J connectivity index is 1.66. The van der Waals surface area contributed by atoms with E-state index in [1.54, 1.807) is 30.3 Å². The van der Waals surface area contributed by atoms with Crippen molar-refractivity contribution in [1.29, 1.82) is 0 Å². The molecular formula is C21H21ClN2O5. The summed E-state index contributed by atoms with van der Waals surface area (Å²) in [5.74, 6) is -1.52. The average molecular weight is 417 g/mol. The molecule has 2 aromatic rings. The minimum absolute atomic E-state index is 0.0225. The van der Waals surface area contributed by atoms with Gasteiger partial charge in [0.05, 0.1) is 31.1 Å². The average Bonchev–Trinajstić information content (AvgIpc) is 3.36. The van der Waals surface area contributed by atoms with Gasteiger partial charge in [-0.05, 0) is 29.8 Å². The van der Waals surface area contributed by atoms with Crippen molar-refractivity contribution in [2.24, 2.45) is 0 Å². The zero-order valence-corrected chi connectivity index (χ0v) is 16.5. The maximum absolute atomic E-state index is 13.0. The third kappa shape index (κ3) is 3.94. The first-order valence-electron chi connectivity index (χ1n) is 9.44. The fraction of sp³-hybridized carbons (Fsp3) is 0.333. The zero-order valence-electron chi connectivity index (χ0n) is 15.7. The van der Waals surface area contributed by atoms with Crippen LogP contribution in [0.25, 0.3) is 0 Å². The number of nitrogens with zero attached hydrogens (tertiary/aromatic N) is 2. The number of ether oxygens (including phenoxy) is 1. The van der Waals surface area contributed by atoms with E-state index in [9.17, 15) is 14.7 Å². The molecule has 29 heavy (non-hydrogen) atoms. The Labute approximate surface area is 173 Å². The molecule has 1 amide bonds. The molecule has 0 bridgehead atoms. The van der Waals surface area contributed by atoms with Crippen LogP contribution < -0.4 is 0 Å². The van der Waals surface area contributed by atoms with Crippen LogP contribution in [-0.4, -0.2) is 66.0 Å². The number of rotatable bonds is 6. The van der Waals surface area contributed by atoms with Gasteiger partial charge < -0.3 is 19.2 Å². The summed E-state index contributed by atoms with van der Waals surface area (Å²) in [4.78, 5) is 29.6. The van der Waals surface area contributed by atoms with Gasteiger partial charge in [-0.25, -0.2) is 0 Å². The Morgan fingerprint density at radius 2 is 1.86 bits per heavy atom.